The van der Waals surface area contributed by atoms with Gasteiger partial charge in [-0.05, 0) is 29.8 Å². The Kier molecular flexibility index (Phi) is 7.78. The second kappa shape index (κ2) is 10.4. The molecule has 0 fully saturated rings. The number of benzene rings is 2. The van der Waals surface area contributed by atoms with Crippen molar-refractivity contribution in [3.63, 3.8) is 0 Å². The van der Waals surface area contributed by atoms with Crippen LogP contribution in [0.15, 0.2) is 59.6 Å². The summed E-state index contributed by atoms with van der Waals surface area (Å²) in [4.78, 5) is 20.9. The molecule has 0 radical (unpaired) electrons. The Hall–Kier alpha value is -3.18. The molecule has 1 amide bonds. The number of nitrogens with zero attached hydrogens (tertiary/aromatic N) is 2. The van der Waals surface area contributed by atoms with Crippen LogP contribution in [-0.2, 0) is 30.1 Å². The molecule has 0 saturated heterocycles. The Bertz CT molecular complexity index is 1330. The number of anilines is 2. The van der Waals surface area contributed by atoms with Crippen LogP contribution in [0.2, 0.25) is 0 Å². The first kappa shape index (κ1) is 25.4. The Balaban J connectivity index is 1.79. The summed E-state index contributed by atoms with van der Waals surface area (Å²) in [7, 11) is -5.57. The van der Waals surface area contributed by atoms with E-state index >= 15 is 0 Å². The minimum Gasteiger partial charge on any atom is -0.382 e. The molecule has 1 aromatic heterocycles. The maximum absolute atomic E-state index is 12.7. The number of sulfone groups is 1. The van der Waals surface area contributed by atoms with Gasteiger partial charge in [-0.2, -0.15) is 0 Å². The van der Waals surface area contributed by atoms with E-state index in [1.165, 1.54) is 30.5 Å². The van der Waals surface area contributed by atoms with Crippen molar-refractivity contribution in [2.75, 3.05) is 30.8 Å². The van der Waals surface area contributed by atoms with Gasteiger partial charge in [-0.15, -0.1) is 0 Å². The topological polar surface area (TPSA) is 151 Å². The number of amides is 1. The number of hydrogen-bond donors (Lipinski definition) is 2. The minimum atomic E-state index is -3.98. The zero-order valence-corrected chi connectivity index (χ0v) is 20.0. The van der Waals surface area contributed by atoms with E-state index in [2.05, 4.69) is 24.3 Å². The Labute approximate surface area is 195 Å². The van der Waals surface area contributed by atoms with Crippen molar-refractivity contribution in [2.45, 2.75) is 11.6 Å². The van der Waals surface area contributed by atoms with Crippen molar-refractivity contribution in [3.05, 3.63) is 66.0 Å². The molecular weight excluding hydrogens is 486 g/mol. The Morgan fingerprint density at radius 1 is 1.09 bits per heavy atom. The van der Waals surface area contributed by atoms with Crippen LogP contribution in [-0.4, -0.2) is 44.0 Å². The lowest BCUT2D eigenvalue weighted by atomic mass is 10.1. The minimum absolute atomic E-state index is 0.101. The Morgan fingerprint density at radius 2 is 1.71 bits per heavy atom. The number of hydrogen-bond acceptors (Lipinski definition) is 9. The summed E-state index contributed by atoms with van der Waals surface area (Å²) in [6, 6.07) is 11.7. The molecule has 10 nitrogen and oxygen atoms in total. The van der Waals surface area contributed by atoms with E-state index in [-0.39, 0.29) is 22.1 Å². The molecule has 0 unspecified atom stereocenters. The van der Waals surface area contributed by atoms with E-state index in [0.717, 1.165) is 14.2 Å². The smallest absolute Gasteiger partial charge is 0.345 e. The van der Waals surface area contributed by atoms with Gasteiger partial charge >= 0.3 is 7.60 Å². The molecule has 0 aliphatic rings. The molecule has 3 aromatic rings. The summed E-state index contributed by atoms with van der Waals surface area (Å²) >= 11 is 0. The third-order valence-electron chi connectivity index (χ3n) is 4.78. The fourth-order valence-corrected chi connectivity index (χ4v) is 6.67. The van der Waals surface area contributed by atoms with E-state index in [1.54, 1.807) is 24.3 Å². The van der Waals surface area contributed by atoms with Crippen molar-refractivity contribution in [2.24, 2.45) is 0 Å². The third kappa shape index (κ3) is 5.84. The molecule has 34 heavy (non-hydrogen) atoms. The van der Waals surface area contributed by atoms with E-state index in [4.69, 9.17) is 5.73 Å². The second-order valence-corrected chi connectivity index (χ2v) is 11.7. The molecule has 2 aromatic carbocycles. The highest BCUT2D eigenvalue weighted by Crippen LogP contribution is 2.48. The molecule has 0 spiro atoms. The van der Waals surface area contributed by atoms with Crippen molar-refractivity contribution < 1.29 is 31.2 Å². The molecule has 0 saturated carbocycles. The monoisotopic (exact) mass is 508 g/mol. The summed E-state index contributed by atoms with van der Waals surface area (Å²) in [5.41, 5.74) is 6.62. The van der Waals surface area contributed by atoms with Gasteiger partial charge in [-0.1, -0.05) is 24.3 Å². The summed E-state index contributed by atoms with van der Waals surface area (Å²) in [6.07, 6.45) is 1.40. The number of halogens is 1. The van der Waals surface area contributed by atoms with E-state index in [1.807, 2.05) is 0 Å². The number of carbonyl (C=O) groups is 1. The Morgan fingerprint density at radius 3 is 2.26 bits per heavy atom. The zero-order valence-electron chi connectivity index (χ0n) is 18.3. The van der Waals surface area contributed by atoms with Crippen LogP contribution in [0.3, 0.4) is 0 Å². The van der Waals surface area contributed by atoms with Crippen LogP contribution in [0, 0.1) is 0 Å². The van der Waals surface area contributed by atoms with Crippen LogP contribution in [0.5, 0.6) is 0 Å². The zero-order chi connectivity index (χ0) is 24.9. The standard InChI is InChI=1S/C21H22FN4O6PS/c1-31-33(28,32-2)13-34(29,30)17-9-7-16(8-10-17)25-21(27)19-20(23)24-12-18(26-19)15-5-3-14(11-22)4-6-15/h3-10,12H,11,13H2,1-2H3,(H2,23,24)(H,25,27). The fraction of sp³-hybridized carbons (Fsp3) is 0.190. The predicted octanol–water partition coefficient (Wildman–Crippen LogP) is 3.66. The van der Waals surface area contributed by atoms with Crippen molar-refractivity contribution in [1.82, 2.24) is 9.97 Å². The third-order valence-corrected chi connectivity index (χ3v) is 9.50. The van der Waals surface area contributed by atoms with Gasteiger partial charge in [0.2, 0.25) is 0 Å². The summed E-state index contributed by atoms with van der Waals surface area (Å²) < 4.78 is 59.3. The highest BCUT2D eigenvalue weighted by Gasteiger charge is 2.31. The number of aromatic nitrogens is 2. The number of nitrogens with two attached hydrogens (primary N) is 1. The quantitative estimate of drug-likeness (QED) is 0.413. The van der Waals surface area contributed by atoms with Gasteiger partial charge in [-0.3, -0.25) is 9.36 Å². The van der Waals surface area contributed by atoms with E-state index < -0.39 is 35.5 Å². The molecule has 0 aliphatic carbocycles. The van der Waals surface area contributed by atoms with Crippen LogP contribution in [0.4, 0.5) is 15.9 Å². The van der Waals surface area contributed by atoms with Gasteiger partial charge in [0, 0.05) is 25.5 Å². The molecule has 0 atom stereocenters. The maximum Gasteiger partial charge on any atom is 0.345 e. The number of alkyl halides is 1. The lowest BCUT2D eigenvalue weighted by molar-refractivity contribution is 0.102. The highest BCUT2D eigenvalue weighted by atomic mass is 32.2. The first-order valence-corrected chi connectivity index (χ1v) is 13.1. The SMILES string of the molecule is COP(=O)(CS(=O)(=O)c1ccc(NC(=O)c2nc(-c3ccc(CF)cc3)cnc2N)cc1)OC. The van der Waals surface area contributed by atoms with Gasteiger partial charge in [0.05, 0.1) is 16.8 Å². The summed E-state index contributed by atoms with van der Waals surface area (Å²) in [5, 5.41) is 2.58. The van der Waals surface area contributed by atoms with Gasteiger partial charge in [0.25, 0.3) is 5.91 Å². The van der Waals surface area contributed by atoms with Gasteiger partial charge in [0.1, 0.15) is 6.67 Å². The summed E-state index contributed by atoms with van der Waals surface area (Å²) in [6.45, 7) is -0.598. The summed E-state index contributed by atoms with van der Waals surface area (Å²) in [5.74, 6) is -0.762. The van der Waals surface area contributed by atoms with Crippen molar-refractivity contribution in [1.29, 1.82) is 0 Å². The van der Waals surface area contributed by atoms with Gasteiger partial charge in [0.15, 0.2) is 26.8 Å². The van der Waals surface area contributed by atoms with Crippen LogP contribution < -0.4 is 11.1 Å². The van der Waals surface area contributed by atoms with Crippen molar-refractivity contribution >= 4 is 34.8 Å². The predicted molar refractivity (Wildman–Crippen MR) is 125 cm³/mol. The van der Waals surface area contributed by atoms with Crippen LogP contribution >= 0.6 is 7.60 Å². The highest BCUT2D eigenvalue weighted by molar-refractivity contribution is 7.97. The van der Waals surface area contributed by atoms with Crippen LogP contribution in [0.1, 0.15) is 16.1 Å². The molecule has 1 heterocycles. The van der Waals surface area contributed by atoms with Gasteiger partial charge < -0.3 is 20.1 Å². The molecule has 0 aliphatic heterocycles. The number of nitrogen functional groups attached to an aromatic ring is 1. The molecule has 13 heteroatoms. The molecule has 180 valence electrons. The molecule has 0 bridgehead atoms. The van der Waals surface area contributed by atoms with Crippen LogP contribution in [0.25, 0.3) is 11.3 Å². The van der Waals surface area contributed by atoms with Crippen molar-refractivity contribution in [3.8, 4) is 11.3 Å². The fourth-order valence-electron chi connectivity index (χ4n) is 2.87. The van der Waals surface area contributed by atoms with E-state index in [0.29, 0.717) is 16.8 Å². The molecular formula is C21H22FN4O6PS. The number of rotatable bonds is 9. The van der Waals surface area contributed by atoms with E-state index in [9.17, 15) is 22.2 Å². The van der Waals surface area contributed by atoms with Gasteiger partial charge in [-0.25, -0.2) is 22.8 Å². The molecule has 3 N–H and O–H groups in total. The maximum atomic E-state index is 12.7. The number of nitrogens with one attached hydrogen (secondary N) is 1. The normalized spacial score (nSPS) is 11.9. The largest absolute Gasteiger partial charge is 0.382 e. The first-order chi connectivity index (χ1) is 16.1. The first-order valence-electron chi connectivity index (χ1n) is 9.73. The lowest BCUT2D eigenvalue weighted by Crippen LogP contribution is -2.17. The second-order valence-electron chi connectivity index (χ2n) is 7.02. The average molecular weight is 508 g/mol. The lowest BCUT2D eigenvalue weighted by Gasteiger charge is -2.14. The number of carbonyl (C=O) groups excluding carboxylic acids is 1. The molecule has 3 rings (SSSR count). The average Bonchev–Trinajstić information content (AvgIpc) is 2.84.